The van der Waals surface area contributed by atoms with E-state index >= 15 is 0 Å². The lowest BCUT2D eigenvalue weighted by molar-refractivity contribution is 0.116. The molecule has 0 radical (unpaired) electrons. The summed E-state index contributed by atoms with van der Waals surface area (Å²) in [4.78, 5) is 4.51. The predicted octanol–water partition coefficient (Wildman–Crippen LogP) is 2.69. The zero-order valence-electron chi connectivity index (χ0n) is 12.2. The van der Waals surface area contributed by atoms with E-state index in [4.69, 9.17) is 9.26 Å². The molecule has 0 amide bonds. The molecule has 0 unspecified atom stereocenters. The molecule has 1 aliphatic carbocycles. The number of benzene rings is 1. The van der Waals surface area contributed by atoms with Crippen molar-refractivity contribution in [3.05, 3.63) is 41.5 Å². The normalized spacial score (nSPS) is 22.2. The number of methoxy groups -OCH3 is 1. The molecule has 1 saturated carbocycles. The zero-order chi connectivity index (χ0) is 14.7. The summed E-state index contributed by atoms with van der Waals surface area (Å²) in [5.41, 5.74) is 1.10. The van der Waals surface area contributed by atoms with Gasteiger partial charge in [0.1, 0.15) is 5.75 Å². The Bertz CT molecular complexity index is 589. The van der Waals surface area contributed by atoms with Crippen molar-refractivity contribution < 1.29 is 14.4 Å². The van der Waals surface area contributed by atoms with Crippen LogP contribution in [-0.2, 0) is 6.42 Å². The SMILES string of the molecule is COc1cccc(Cc2noc(C3CCC(O)CC3)n2)c1. The van der Waals surface area contributed by atoms with Crippen molar-refractivity contribution in [3.8, 4) is 5.75 Å². The summed E-state index contributed by atoms with van der Waals surface area (Å²) in [6.45, 7) is 0. The second-order valence-electron chi connectivity index (χ2n) is 5.58. The van der Waals surface area contributed by atoms with Crippen LogP contribution in [0.5, 0.6) is 5.75 Å². The Morgan fingerprint density at radius 2 is 2.10 bits per heavy atom. The second kappa shape index (κ2) is 6.26. The first-order valence-corrected chi connectivity index (χ1v) is 7.38. The van der Waals surface area contributed by atoms with Gasteiger partial charge in [0.25, 0.3) is 0 Å². The van der Waals surface area contributed by atoms with Gasteiger partial charge in [0, 0.05) is 12.3 Å². The highest BCUT2D eigenvalue weighted by Crippen LogP contribution is 2.31. The van der Waals surface area contributed by atoms with E-state index in [9.17, 15) is 5.11 Å². The van der Waals surface area contributed by atoms with Crippen LogP contribution in [0, 0.1) is 0 Å². The molecule has 2 aromatic rings. The van der Waals surface area contributed by atoms with E-state index in [2.05, 4.69) is 10.1 Å². The number of hydrogen-bond acceptors (Lipinski definition) is 5. The van der Waals surface area contributed by atoms with Gasteiger partial charge in [0.15, 0.2) is 5.82 Å². The summed E-state index contributed by atoms with van der Waals surface area (Å²) in [6.07, 6.45) is 3.94. The van der Waals surface area contributed by atoms with Gasteiger partial charge in [-0.15, -0.1) is 0 Å². The lowest BCUT2D eigenvalue weighted by Crippen LogP contribution is -2.17. The minimum atomic E-state index is -0.166. The fourth-order valence-electron chi connectivity index (χ4n) is 2.79. The molecule has 5 heteroatoms. The van der Waals surface area contributed by atoms with Gasteiger partial charge >= 0.3 is 0 Å². The van der Waals surface area contributed by atoms with Gasteiger partial charge in [-0.3, -0.25) is 0 Å². The number of rotatable bonds is 4. The van der Waals surface area contributed by atoms with E-state index in [-0.39, 0.29) is 6.10 Å². The highest BCUT2D eigenvalue weighted by atomic mass is 16.5. The number of aromatic nitrogens is 2. The summed E-state index contributed by atoms with van der Waals surface area (Å²) in [5, 5.41) is 13.6. The minimum absolute atomic E-state index is 0.166. The molecular formula is C16H20N2O3. The van der Waals surface area contributed by atoms with Gasteiger partial charge in [-0.2, -0.15) is 4.98 Å². The Hall–Kier alpha value is -1.88. The number of ether oxygens (including phenoxy) is 1. The molecule has 0 aliphatic heterocycles. The first-order valence-electron chi connectivity index (χ1n) is 7.38. The van der Waals surface area contributed by atoms with Gasteiger partial charge in [0.05, 0.1) is 13.2 Å². The van der Waals surface area contributed by atoms with Crippen LogP contribution < -0.4 is 4.74 Å². The van der Waals surface area contributed by atoms with Crippen molar-refractivity contribution in [2.75, 3.05) is 7.11 Å². The number of aliphatic hydroxyl groups excluding tert-OH is 1. The van der Waals surface area contributed by atoms with Crippen molar-refractivity contribution in [1.82, 2.24) is 10.1 Å². The molecule has 112 valence electrons. The van der Waals surface area contributed by atoms with E-state index in [1.165, 1.54) is 0 Å². The van der Waals surface area contributed by atoms with Crippen LogP contribution in [-0.4, -0.2) is 28.5 Å². The maximum atomic E-state index is 9.54. The molecule has 3 rings (SSSR count). The van der Waals surface area contributed by atoms with Crippen LogP contribution in [0.15, 0.2) is 28.8 Å². The van der Waals surface area contributed by atoms with Crippen LogP contribution in [0.3, 0.4) is 0 Å². The van der Waals surface area contributed by atoms with E-state index in [1.807, 2.05) is 24.3 Å². The number of nitrogens with zero attached hydrogens (tertiary/aromatic N) is 2. The van der Waals surface area contributed by atoms with E-state index < -0.39 is 0 Å². The zero-order valence-corrected chi connectivity index (χ0v) is 12.2. The molecule has 21 heavy (non-hydrogen) atoms. The third-order valence-electron chi connectivity index (χ3n) is 4.03. The number of aliphatic hydroxyl groups is 1. The Morgan fingerprint density at radius 1 is 1.29 bits per heavy atom. The predicted molar refractivity (Wildman–Crippen MR) is 77.3 cm³/mol. The molecule has 0 atom stereocenters. The second-order valence-corrected chi connectivity index (χ2v) is 5.58. The molecule has 5 nitrogen and oxygen atoms in total. The highest BCUT2D eigenvalue weighted by molar-refractivity contribution is 5.30. The molecule has 0 spiro atoms. The first kappa shape index (κ1) is 14.1. The average Bonchev–Trinajstić information content (AvgIpc) is 2.96. The van der Waals surface area contributed by atoms with Crippen LogP contribution in [0.1, 0.15) is 48.9 Å². The monoisotopic (exact) mass is 288 g/mol. The summed E-state index contributed by atoms with van der Waals surface area (Å²) >= 11 is 0. The lowest BCUT2D eigenvalue weighted by Gasteiger charge is -2.22. The van der Waals surface area contributed by atoms with Crippen LogP contribution in [0.2, 0.25) is 0 Å². The third kappa shape index (κ3) is 3.42. The third-order valence-corrected chi connectivity index (χ3v) is 4.03. The summed E-state index contributed by atoms with van der Waals surface area (Å²) in [7, 11) is 1.66. The van der Waals surface area contributed by atoms with Gasteiger partial charge in [-0.05, 0) is 43.4 Å². The van der Waals surface area contributed by atoms with E-state index in [0.717, 1.165) is 37.0 Å². The molecule has 1 fully saturated rings. The Kier molecular flexibility index (Phi) is 4.20. The molecule has 0 saturated heterocycles. The topological polar surface area (TPSA) is 68.4 Å². The summed E-state index contributed by atoms with van der Waals surface area (Å²) < 4.78 is 10.6. The molecule has 1 aliphatic rings. The van der Waals surface area contributed by atoms with Crippen LogP contribution in [0.4, 0.5) is 0 Å². The van der Waals surface area contributed by atoms with Crippen molar-refractivity contribution in [1.29, 1.82) is 0 Å². The lowest BCUT2D eigenvalue weighted by atomic mass is 9.87. The van der Waals surface area contributed by atoms with Gasteiger partial charge in [-0.1, -0.05) is 17.3 Å². The number of hydrogen-bond donors (Lipinski definition) is 1. The molecule has 1 heterocycles. The van der Waals surface area contributed by atoms with Gasteiger partial charge < -0.3 is 14.4 Å². The highest BCUT2D eigenvalue weighted by Gasteiger charge is 2.25. The van der Waals surface area contributed by atoms with Gasteiger partial charge in [-0.25, -0.2) is 0 Å². The Labute approximate surface area is 123 Å². The van der Waals surface area contributed by atoms with Crippen LogP contribution >= 0.6 is 0 Å². The maximum absolute atomic E-state index is 9.54. The minimum Gasteiger partial charge on any atom is -0.497 e. The molecule has 1 aromatic heterocycles. The molecule has 1 N–H and O–H groups in total. The van der Waals surface area contributed by atoms with E-state index in [0.29, 0.717) is 24.1 Å². The quantitative estimate of drug-likeness (QED) is 0.936. The summed E-state index contributed by atoms with van der Waals surface area (Å²) in [5.74, 6) is 2.53. The maximum Gasteiger partial charge on any atom is 0.229 e. The fraction of sp³-hybridized carbons (Fsp3) is 0.500. The van der Waals surface area contributed by atoms with Gasteiger partial charge in [0.2, 0.25) is 5.89 Å². The summed E-state index contributed by atoms with van der Waals surface area (Å²) in [6, 6.07) is 7.87. The molecular weight excluding hydrogens is 268 g/mol. The molecule has 0 bridgehead atoms. The Morgan fingerprint density at radius 3 is 2.86 bits per heavy atom. The fourth-order valence-corrected chi connectivity index (χ4v) is 2.79. The smallest absolute Gasteiger partial charge is 0.229 e. The largest absolute Gasteiger partial charge is 0.497 e. The Balaban J connectivity index is 1.67. The van der Waals surface area contributed by atoms with Crippen molar-refractivity contribution in [3.63, 3.8) is 0 Å². The standard InChI is InChI=1S/C16H20N2O3/c1-20-14-4-2-3-11(9-14)10-15-17-16(21-18-15)12-5-7-13(19)8-6-12/h2-4,9,12-13,19H,5-8,10H2,1H3. The van der Waals surface area contributed by atoms with Crippen molar-refractivity contribution >= 4 is 0 Å². The van der Waals surface area contributed by atoms with E-state index in [1.54, 1.807) is 7.11 Å². The first-order chi connectivity index (χ1) is 10.2. The van der Waals surface area contributed by atoms with Crippen molar-refractivity contribution in [2.45, 2.75) is 44.1 Å². The van der Waals surface area contributed by atoms with Crippen LogP contribution in [0.25, 0.3) is 0 Å². The molecule has 1 aromatic carbocycles. The average molecular weight is 288 g/mol. The van der Waals surface area contributed by atoms with Crippen molar-refractivity contribution in [2.24, 2.45) is 0 Å².